The standard InChI is InChI=1S/C16H13IO4/c1-10-3-4-12(9-14(10)17)16(19)21-13-7-5-11(6-8-13)15(18)20-2/h3-9H,1-2H3. The average molecular weight is 396 g/mol. The van der Waals surface area contributed by atoms with Crippen LogP contribution in [0.5, 0.6) is 5.75 Å². The van der Waals surface area contributed by atoms with E-state index in [2.05, 4.69) is 27.3 Å². The van der Waals surface area contributed by atoms with E-state index in [0.29, 0.717) is 16.9 Å². The van der Waals surface area contributed by atoms with Crippen molar-refractivity contribution in [3.05, 3.63) is 62.7 Å². The molecule has 0 aliphatic heterocycles. The lowest BCUT2D eigenvalue weighted by molar-refractivity contribution is 0.0600. The molecule has 0 fully saturated rings. The van der Waals surface area contributed by atoms with Crippen LogP contribution in [0.1, 0.15) is 26.3 Å². The van der Waals surface area contributed by atoms with Crippen LogP contribution in [0.4, 0.5) is 0 Å². The fourth-order valence-corrected chi connectivity index (χ4v) is 2.18. The van der Waals surface area contributed by atoms with Crippen molar-refractivity contribution in [2.75, 3.05) is 7.11 Å². The van der Waals surface area contributed by atoms with Crippen molar-refractivity contribution < 1.29 is 19.1 Å². The predicted octanol–water partition coefficient (Wildman–Crippen LogP) is 3.61. The minimum atomic E-state index is -0.432. The zero-order chi connectivity index (χ0) is 15.4. The maximum Gasteiger partial charge on any atom is 0.343 e. The van der Waals surface area contributed by atoms with E-state index >= 15 is 0 Å². The van der Waals surface area contributed by atoms with Crippen LogP contribution in [0.15, 0.2) is 42.5 Å². The van der Waals surface area contributed by atoms with Crippen LogP contribution in [0, 0.1) is 10.5 Å². The summed E-state index contributed by atoms with van der Waals surface area (Å²) in [5.74, 6) is -0.483. The first-order valence-corrected chi connectivity index (χ1v) is 7.26. The highest BCUT2D eigenvalue weighted by atomic mass is 127. The minimum absolute atomic E-state index is 0.378. The summed E-state index contributed by atoms with van der Waals surface area (Å²) in [6.45, 7) is 1.97. The van der Waals surface area contributed by atoms with Crippen molar-refractivity contribution >= 4 is 34.5 Å². The van der Waals surface area contributed by atoms with E-state index in [1.165, 1.54) is 7.11 Å². The molecule has 0 atom stereocenters. The summed E-state index contributed by atoms with van der Waals surface area (Å²) >= 11 is 2.17. The molecule has 2 aromatic carbocycles. The van der Waals surface area contributed by atoms with Crippen LogP contribution in [-0.2, 0) is 4.74 Å². The van der Waals surface area contributed by atoms with Gasteiger partial charge in [-0.3, -0.25) is 0 Å². The van der Waals surface area contributed by atoms with Gasteiger partial charge in [0.25, 0.3) is 0 Å². The number of methoxy groups -OCH3 is 1. The number of benzene rings is 2. The first-order chi connectivity index (χ1) is 10.0. The van der Waals surface area contributed by atoms with Crippen molar-refractivity contribution in [2.24, 2.45) is 0 Å². The van der Waals surface area contributed by atoms with Gasteiger partial charge in [0.1, 0.15) is 5.75 Å². The third-order valence-electron chi connectivity index (χ3n) is 2.89. The van der Waals surface area contributed by atoms with Crippen LogP contribution in [-0.4, -0.2) is 19.0 Å². The third-order valence-corrected chi connectivity index (χ3v) is 4.06. The van der Waals surface area contributed by atoms with Gasteiger partial charge in [-0.15, -0.1) is 0 Å². The molecule has 0 bridgehead atoms. The molecule has 0 saturated heterocycles. The van der Waals surface area contributed by atoms with Crippen LogP contribution < -0.4 is 4.74 Å². The van der Waals surface area contributed by atoms with E-state index in [0.717, 1.165) is 9.13 Å². The number of carbonyl (C=O) groups excluding carboxylic acids is 2. The molecule has 21 heavy (non-hydrogen) atoms. The summed E-state index contributed by atoms with van der Waals surface area (Å²) in [5, 5.41) is 0. The number of ether oxygens (including phenoxy) is 2. The van der Waals surface area contributed by atoms with E-state index in [9.17, 15) is 9.59 Å². The van der Waals surface area contributed by atoms with E-state index in [4.69, 9.17) is 4.74 Å². The number of halogens is 1. The van der Waals surface area contributed by atoms with Gasteiger partial charge >= 0.3 is 11.9 Å². The molecule has 0 aliphatic carbocycles. The Hall–Kier alpha value is -1.89. The Kier molecular flexibility index (Phi) is 4.95. The lowest BCUT2D eigenvalue weighted by Gasteiger charge is -2.06. The molecule has 4 nitrogen and oxygen atoms in total. The molecule has 2 aromatic rings. The molecule has 0 spiro atoms. The maximum atomic E-state index is 12.0. The zero-order valence-corrected chi connectivity index (χ0v) is 13.7. The molecule has 0 aliphatic rings. The highest BCUT2D eigenvalue weighted by molar-refractivity contribution is 14.1. The number of carbonyl (C=O) groups is 2. The second-order valence-electron chi connectivity index (χ2n) is 4.37. The van der Waals surface area contributed by atoms with Crippen LogP contribution in [0.2, 0.25) is 0 Å². The molecule has 0 radical (unpaired) electrons. The second kappa shape index (κ2) is 6.71. The number of hydrogen-bond acceptors (Lipinski definition) is 4. The van der Waals surface area contributed by atoms with Gasteiger partial charge in [-0.25, -0.2) is 9.59 Å². The van der Waals surface area contributed by atoms with Crippen LogP contribution in [0.25, 0.3) is 0 Å². The van der Waals surface area contributed by atoms with Crippen molar-refractivity contribution in [1.82, 2.24) is 0 Å². The molecule has 0 N–H and O–H groups in total. The largest absolute Gasteiger partial charge is 0.465 e. The molecular formula is C16H13IO4. The summed E-state index contributed by atoms with van der Waals surface area (Å²) in [6, 6.07) is 11.6. The van der Waals surface area contributed by atoms with E-state index in [-0.39, 0.29) is 0 Å². The first kappa shape index (κ1) is 15.5. The van der Waals surface area contributed by atoms with Gasteiger partial charge in [-0.2, -0.15) is 0 Å². The monoisotopic (exact) mass is 396 g/mol. The van der Waals surface area contributed by atoms with Crippen molar-refractivity contribution in [1.29, 1.82) is 0 Å². The molecule has 5 heteroatoms. The molecule has 108 valence electrons. The SMILES string of the molecule is COC(=O)c1ccc(OC(=O)c2ccc(C)c(I)c2)cc1. The van der Waals surface area contributed by atoms with E-state index in [1.807, 2.05) is 13.0 Å². The Labute approximate surface area is 136 Å². The molecule has 2 rings (SSSR count). The molecule has 0 unspecified atom stereocenters. The topological polar surface area (TPSA) is 52.6 Å². The lowest BCUT2D eigenvalue weighted by Crippen LogP contribution is -2.09. The van der Waals surface area contributed by atoms with Gasteiger partial charge in [0.05, 0.1) is 18.2 Å². The van der Waals surface area contributed by atoms with Gasteiger partial charge in [0.15, 0.2) is 0 Å². The number of esters is 2. The first-order valence-electron chi connectivity index (χ1n) is 6.18. The summed E-state index contributed by atoms with van der Waals surface area (Å²) in [7, 11) is 1.31. The zero-order valence-electron chi connectivity index (χ0n) is 11.6. The highest BCUT2D eigenvalue weighted by Gasteiger charge is 2.11. The summed E-state index contributed by atoms with van der Waals surface area (Å²) in [6.07, 6.45) is 0. The third kappa shape index (κ3) is 3.81. The van der Waals surface area contributed by atoms with Gasteiger partial charge < -0.3 is 9.47 Å². The van der Waals surface area contributed by atoms with Crippen molar-refractivity contribution in [3.8, 4) is 5.75 Å². The highest BCUT2D eigenvalue weighted by Crippen LogP contribution is 2.17. The Morgan fingerprint density at radius 1 is 0.952 bits per heavy atom. The molecule has 0 aromatic heterocycles. The fraction of sp³-hybridized carbons (Fsp3) is 0.125. The summed E-state index contributed by atoms with van der Waals surface area (Å²) in [5.41, 5.74) is 2.00. The van der Waals surface area contributed by atoms with Gasteiger partial charge in [-0.05, 0) is 71.5 Å². The van der Waals surface area contributed by atoms with E-state index in [1.54, 1.807) is 36.4 Å². The number of aryl methyl sites for hydroxylation is 1. The predicted molar refractivity (Wildman–Crippen MR) is 86.6 cm³/mol. The summed E-state index contributed by atoms with van der Waals surface area (Å²) in [4.78, 5) is 23.3. The smallest absolute Gasteiger partial charge is 0.343 e. The second-order valence-corrected chi connectivity index (χ2v) is 5.53. The molecular weight excluding hydrogens is 383 g/mol. The Morgan fingerprint density at radius 2 is 1.57 bits per heavy atom. The van der Waals surface area contributed by atoms with E-state index < -0.39 is 11.9 Å². The fourth-order valence-electron chi connectivity index (χ4n) is 1.66. The van der Waals surface area contributed by atoms with Crippen LogP contribution in [0.3, 0.4) is 0 Å². The number of rotatable bonds is 3. The Morgan fingerprint density at radius 3 is 2.14 bits per heavy atom. The lowest BCUT2D eigenvalue weighted by atomic mass is 10.1. The Balaban J connectivity index is 2.12. The van der Waals surface area contributed by atoms with Gasteiger partial charge in [0, 0.05) is 3.57 Å². The number of hydrogen-bond donors (Lipinski definition) is 0. The normalized spacial score (nSPS) is 10.0. The molecule has 0 heterocycles. The molecule has 0 amide bonds. The average Bonchev–Trinajstić information content (AvgIpc) is 2.50. The quantitative estimate of drug-likeness (QED) is 0.452. The van der Waals surface area contributed by atoms with Gasteiger partial charge in [0.2, 0.25) is 0 Å². The maximum absolute atomic E-state index is 12.0. The molecule has 0 saturated carbocycles. The van der Waals surface area contributed by atoms with Crippen molar-refractivity contribution in [3.63, 3.8) is 0 Å². The van der Waals surface area contributed by atoms with Gasteiger partial charge in [-0.1, -0.05) is 6.07 Å². The summed E-state index contributed by atoms with van der Waals surface area (Å²) < 4.78 is 10.9. The Bertz CT molecular complexity index is 677. The van der Waals surface area contributed by atoms with Crippen molar-refractivity contribution in [2.45, 2.75) is 6.92 Å². The minimum Gasteiger partial charge on any atom is -0.465 e. The van der Waals surface area contributed by atoms with Crippen LogP contribution >= 0.6 is 22.6 Å².